The molecule has 1 aliphatic rings. The molecule has 2 rings (SSSR count). The number of hydrogen-bond acceptors (Lipinski definition) is 4. The lowest BCUT2D eigenvalue weighted by Gasteiger charge is -2.14. The van der Waals surface area contributed by atoms with Gasteiger partial charge in [0.15, 0.2) is 0 Å². The molecular formula is C16H27N3S. The van der Waals surface area contributed by atoms with E-state index in [0.29, 0.717) is 11.2 Å². The number of nitrogens with one attached hydrogen (secondary N) is 1. The fraction of sp³-hybridized carbons (Fsp3) is 0.750. The summed E-state index contributed by atoms with van der Waals surface area (Å²) in [5, 5.41) is 4.03. The minimum atomic E-state index is 0.528. The second-order valence-electron chi connectivity index (χ2n) is 6.08. The Morgan fingerprint density at radius 3 is 2.50 bits per heavy atom. The molecule has 0 aliphatic carbocycles. The van der Waals surface area contributed by atoms with Crippen molar-refractivity contribution in [1.29, 1.82) is 0 Å². The zero-order valence-corrected chi connectivity index (χ0v) is 14.0. The molecule has 1 unspecified atom stereocenters. The van der Waals surface area contributed by atoms with Crippen LogP contribution in [0.4, 0.5) is 0 Å². The molecule has 4 heteroatoms. The van der Waals surface area contributed by atoms with Crippen molar-refractivity contribution in [3.63, 3.8) is 0 Å². The van der Waals surface area contributed by atoms with E-state index in [2.05, 4.69) is 33.0 Å². The molecule has 1 atom stereocenters. The van der Waals surface area contributed by atoms with E-state index in [0.717, 1.165) is 25.3 Å². The molecule has 1 N–H and O–H groups in total. The predicted molar refractivity (Wildman–Crippen MR) is 87.4 cm³/mol. The van der Waals surface area contributed by atoms with Crippen LogP contribution in [0.3, 0.4) is 0 Å². The van der Waals surface area contributed by atoms with Gasteiger partial charge < -0.3 is 5.32 Å². The smallest absolute Gasteiger partial charge is 0.141 e. The maximum atomic E-state index is 4.77. The third-order valence-corrected chi connectivity index (χ3v) is 5.13. The van der Waals surface area contributed by atoms with Gasteiger partial charge in [-0.3, -0.25) is 0 Å². The van der Waals surface area contributed by atoms with Crippen molar-refractivity contribution >= 4 is 11.8 Å². The van der Waals surface area contributed by atoms with Crippen LogP contribution >= 0.6 is 11.8 Å². The molecule has 1 aromatic heterocycles. The summed E-state index contributed by atoms with van der Waals surface area (Å²) in [7, 11) is 0. The average molecular weight is 293 g/mol. The standard InChI is InChI=1S/C16H27N3S/c1-11(2)10-17-8-7-14-12(3)18-16(19-13(14)4)15-6-5-9-20-15/h11,15,17H,5-10H2,1-4H3. The summed E-state index contributed by atoms with van der Waals surface area (Å²) in [6.45, 7) is 10.8. The lowest BCUT2D eigenvalue weighted by Crippen LogP contribution is -2.23. The van der Waals surface area contributed by atoms with Crippen LogP contribution in [0, 0.1) is 19.8 Å². The first-order valence-electron chi connectivity index (χ1n) is 7.74. The molecule has 0 spiro atoms. The number of hydrogen-bond donors (Lipinski definition) is 1. The van der Waals surface area contributed by atoms with Crippen molar-refractivity contribution in [2.75, 3.05) is 18.8 Å². The fourth-order valence-electron chi connectivity index (χ4n) is 2.66. The molecule has 0 bridgehead atoms. The first-order chi connectivity index (χ1) is 9.58. The second kappa shape index (κ2) is 7.41. The first-order valence-corrected chi connectivity index (χ1v) is 8.79. The average Bonchev–Trinajstić information content (AvgIpc) is 2.90. The van der Waals surface area contributed by atoms with E-state index in [-0.39, 0.29) is 0 Å². The molecule has 3 nitrogen and oxygen atoms in total. The Hall–Kier alpha value is -0.610. The van der Waals surface area contributed by atoms with E-state index < -0.39 is 0 Å². The van der Waals surface area contributed by atoms with E-state index in [4.69, 9.17) is 9.97 Å². The number of nitrogens with zero attached hydrogens (tertiary/aromatic N) is 2. The molecule has 1 aliphatic heterocycles. The molecule has 0 radical (unpaired) electrons. The molecule has 0 saturated carbocycles. The summed E-state index contributed by atoms with van der Waals surface area (Å²) in [6.07, 6.45) is 3.57. The van der Waals surface area contributed by atoms with Crippen LogP contribution in [-0.4, -0.2) is 28.8 Å². The second-order valence-corrected chi connectivity index (χ2v) is 7.39. The Kier molecular flexibility index (Phi) is 5.85. The number of thioether (sulfide) groups is 1. The van der Waals surface area contributed by atoms with Crippen LogP contribution in [0.2, 0.25) is 0 Å². The minimum absolute atomic E-state index is 0.528. The van der Waals surface area contributed by atoms with Gasteiger partial charge in [0.2, 0.25) is 0 Å². The Morgan fingerprint density at radius 1 is 1.25 bits per heavy atom. The highest BCUT2D eigenvalue weighted by Crippen LogP contribution is 2.38. The van der Waals surface area contributed by atoms with Crippen LogP contribution < -0.4 is 5.32 Å². The van der Waals surface area contributed by atoms with Gasteiger partial charge in [0.05, 0.1) is 5.25 Å². The topological polar surface area (TPSA) is 37.8 Å². The largest absolute Gasteiger partial charge is 0.316 e. The summed E-state index contributed by atoms with van der Waals surface area (Å²) >= 11 is 2.01. The molecule has 1 fully saturated rings. The van der Waals surface area contributed by atoms with Crippen molar-refractivity contribution in [3.8, 4) is 0 Å². The van der Waals surface area contributed by atoms with Crippen molar-refractivity contribution in [1.82, 2.24) is 15.3 Å². The normalized spacial score (nSPS) is 18.9. The molecule has 0 aromatic carbocycles. The van der Waals surface area contributed by atoms with E-state index in [1.54, 1.807) is 0 Å². The van der Waals surface area contributed by atoms with Crippen LogP contribution in [0.5, 0.6) is 0 Å². The third-order valence-electron chi connectivity index (χ3n) is 3.76. The van der Waals surface area contributed by atoms with Gasteiger partial charge in [-0.25, -0.2) is 9.97 Å². The van der Waals surface area contributed by atoms with E-state index in [1.807, 2.05) is 11.8 Å². The lowest BCUT2D eigenvalue weighted by molar-refractivity contribution is 0.552. The van der Waals surface area contributed by atoms with Gasteiger partial charge in [-0.1, -0.05) is 13.8 Å². The van der Waals surface area contributed by atoms with E-state index in [9.17, 15) is 0 Å². The fourth-order valence-corrected chi connectivity index (χ4v) is 3.86. The van der Waals surface area contributed by atoms with Crippen molar-refractivity contribution in [2.24, 2.45) is 5.92 Å². The quantitative estimate of drug-likeness (QED) is 0.815. The maximum absolute atomic E-state index is 4.77. The van der Waals surface area contributed by atoms with Gasteiger partial charge in [0, 0.05) is 11.4 Å². The van der Waals surface area contributed by atoms with Crippen LogP contribution in [0.15, 0.2) is 0 Å². The van der Waals surface area contributed by atoms with Gasteiger partial charge in [0.1, 0.15) is 5.82 Å². The monoisotopic (exact) mass is 293 g/mol. The van der Waals surface area contributed by atoms with Crippen molar-refractivity contribution < 1.29 is 0 Å². The molecular weight excluding hydrogens is 266 g/mol. The van der Waals surface area contributed by atoms with Crippen LogP contribution in [-0.2, 0) is 6.42 Å². The zero-order valence-electron chi connectivity index (χ0n) is 13.2. The summed E-state index contributed by atoms with van der Waals surface area (Å²) in [5.41, 5.74) is 3.67. The Labute approximate surface area is 127 Å². The Bertz CT molecular complexity index is 416. The Balaban J connectivity index is 1.99. The highest BCUT2D eigenvalue weighted by Gasteiger charge is 2.21. The first kappa shape index (κ1) is 15.8. The maximum Gasteiger partial charge on any atom is 0.141 e. The van der Waals surface area contributed by atoms with Gasteiger partial charge in [-0.2, -0.15) is 11.8 Å². The Morgan fingerprint density at radius 2 is 1.95 bits per heavy atom. The van der Waals surface area contributed by atoms with E-state index in [1.165, 1.54) is 35.5 Å². The van der Waals surface area contributed by atoms with Crippen LogP contribution in [0.25, 0.3) is 0 Å². The van der Waals surface area contributed by atoms with Gasteiger partial charge >= 0.3 is 0 Å². The van der Waals surface area contributed by atoms with Crippen molar-refractivity contribution in [2.45, 2.75) is 52.2 Å². The zero-order chi connectivity index (χ0) is 14.5. The predicted octanol–water partition coefficient (Wildman–Crippen LogP) is 3.45. The van der Waals surface area contributed by atoms with Crippen molar-refractivity contribution in [3.05, 3.63) is 22.8 Å². The van der Waals surface area contributed by atoms with Gasteiger partial charge in [0.25, 0.3) is 0 Å². The highest BCUT2D eigenvalue weighted by atomic mass is 32.2. The lowest BCUT2D eigenvalue weighted by atomic mass is 10.1. The van der Waals surface area contributed by atoms with E-state index >= 15 is 0 Å². The molecule has 1 saturated heterocycles. The molecule has 20 heavy (non-hydrogen) atoms. The van der Waals surface area contributed by atoms with Crippen LogP contribution in [0.1, 0.15) is 54.7 Å². The SMILES string of the molecule is Cc1nc(C2CCCS2)nc(C)c1CCNCC(C)C. The number of rotatable bonds is 6. The third kappa shape index (κ3) is 4.19. The number of aryl methyl sites for hydroxylation is 2. The molecule has 1 aromatic rings. The summed E-state index contributed by atoms with van der Waals surface area (Å²) in [5.74, 6) is 3.02. The summed E-state index contributed by atoms with van der Waals surface area (Å²) < 4.78 is 0. The molecule has 112 valence electrons. The summed E-state index contributed by atoms with van der Waals surface area (Å²) in [4.78, 5) is 9.54. The van der Waals surface area contributed by atoms with Gasteiger partial charge in [-0.15, -0.1) is 0 Å². The number of aromatic nitrogens is 2. The highest BCUT2D eigenvalue weighted by molar-refractivity contribution is 7.99. The summed E-state index contributed by atoms with van der Waals surface area (Å²) in [6, 6.07) is 0. The molecule has 0 amide bonds. The van der Waals surface area contributed by atoms with Gasteiger partial charge in [-0.05, 0) is 63.4 Å². The minimum Gasteiger partial charge on any atom is -0.316 e. The molecule has 2 heterocycles.